The number of aromatic nitrogens is 2. The Morgan fingerprint density at radius 3 is 2.81 bits per heavy atom. The Hall–Kier alpha value is -2.23. The van der Waals surface area contributed by atoms with E-state index in [1.54, 1.807) is 6.26 Å². The predicted octanol–water partition coefficient (Wildman–Crippen LogP) is 2.94. The first-order valence-electron chi connectivity index (χ1n) is 4.97. The Bertz CT molecular complexity index is 590. The van der Waals surface area contributed by atoms with Gasteiger partial charge in [0.2, 0.25) is 5.76 Å². The van der Waals surface area contributed by atoms with Crippen molar-refractivity contribution in [3.8, 4) is 22.9 Å². The Labute approximate surface area is 92.1 Å². The lowest BCUT2D eigenvalue weighted by Gasteiger charge is -1.95. The first-order chi connectivity index (χ1) is 7.84. The Kier molecular flexibility index (Phi) is 1.93. The van der Waals surface area contributed by atoms with Gasteiger partial charge in [0.25, 0.3) is 0 Å². The first-order valence-corrected chi connectivity index (χ1v) is 4.97. The summed E-state index contributed by atoms with van der Waals surface area (Å²) in [5.41, 5.74) is 1.82. The van der Waals surface area contributed by atoms with Crippen molar-refractivity contribution in [1.82, 2.24) is 9.72 Å². The molecule has 0 saturated heterocycles. The number of rotatable bonds is 2. The predicted molar refractivity (Wildman–Crippen MR) is 58.6 cm³/mol. The second kappa shape index (κ2) is 3.41. The summed E-state index contributed by atoms with van der Waals surface area (Å²) in [6, 6.07) is 9.49. The lowest BCUT2D eigenvalue weighted by molar-refractivity contribution is 0.419. The molecule has 0 saturated carbocycles. The minimum absolute atomic E-state index is 0.640. The highest BCUT2D eigenvalue weighted by atomic mass is 16.5. The lowest BCUT2D eigenvalue weighted by atomic mass is 10.2. The van der Waals surface area contributed by atoms with Gasteiger partial charge in [-0.3, -0.25) is 0 Å². The highest BCUT2D eigenvalue weighted by Crippen LogP contribution is 2.25. The molecule has 0 aliphatic rings. The van der Waals surface area contributed by atoms with Gasteiger partial charge in [0.05, 0.1) is 12.0 Å². The first kappa shape index (κ1) is 9.03. The van der Waals surface area contributed by atoms with Crippen LogP contribution in [0.5, 0.6) is 0 Å². The van der Waals surface area contributed by atoms with E-state index < -0.39 is 0 Å². The van der Waals surface area contributed by atoms with Crippen molar-refractivity contribution in [3.05, 3.63) is 42.8 Å². The molecule has 0 aromatic carbocycles. The van der Waals surface area contributed by atoms with E-state index in [-0.39, 0.29) is 0 Å². The van der Waals surface area contributed by atoms with Gasteiger partial charge in [0.1, 0.15) is 5.69 Å². The number of nitrogens with zero attached hydrogens (tertiary/aromatic N) is 2. The second-order valence-corrected chi connectivity index (χ2v) is 3.56. The van der Waals surface area contributed by atoms with Crippen LogP contribution in [0.3, 0.4) is 0 Å². The van der Waals surface area contributed by atoms with E-state index in [0.717, 1.165) is 11.4 Å². The molecule has 3 aromatic heterocycles. The molecular formula is C12H10N2O2. The smallest absolute Gasteiger partial charge is 0.202 e. The largest absolute Gasteiger partial charge is 0.461 e. The van der Waals surface area contributed by atoms with Crippen LogP contribution in [0, 0.1) is 0 Å². The highest BCUT2D eigenvalue weighted by Gasteiger charge is 2.11. The van der Waals surface area contributed by atoms with Crippen LogP contribution in [0.25, 0.3) is 22.9 Å². The monoisotopic (exact) mass is 214 g/mol. The molecule has 3 aromatic rings. The number of hydrogen-bond donors (Lipinski definition) is 0. The van der Waals surface area contributed by atoms with E-state index in [1.165, 1.54) is 0 Å². The van der Waals surface area contributed by atoms with Gasteiger partial charge in [0, 0.05) is 19.3 Å². The van der Waals surface area contributed by atoms with Crippen LogP contribution in [0.2, 0.25) is 0 Å². The molecule has 0 radical (unpaired) electrons. The molecule has 0 atom stereocenters. The number of aryl methyl sites for hydroxylation is 1. The third-order valence-electron chi connectivity index (χ3n) is 2.48. The third kappa shape index (κ3) is 1.35. The average Bonchev–Trinajstić information content (AvgIpc) is 2.96. The quantitative estimate of drug-likeness (QED) is 0.658. The molecule has 4 heteroatoms. The lowest BCUT2D eigenvalue weighted by Crippen LogP contribution is -1.88. The molecule has 0 bridgehead atoms. The molecular weight excluding hydrogens is 204 g/mol. The minimum Gasteiger partial charge on any atom is -0.461 e. The molecule has 0 aliphatic heterocycles. The van der Waals surface area contributed by atoms with Gasteiger partial charge < -0.3 is 13.5 Å². The summed E-state index contributed by atoms with van der Waals surface area (Å²) in [7, 11) is 1.97. The van der Waals surface area contributed by atoms with Crippen molar-refractivity contribution in [3.63, 3.8) is 0 Å². The Morgan fingerprint density at radius 2 is 2.12 bits per heavy atom. The fraction of sp³-hybridized carbons (Fsp3) is 0.0833. The Balaban J connectivity index is 2.03. The molecule has 80 valence electrons. The van der Waals surface area contributed by atoms with Crippen molar-refractivity contribution in [2.75, 3.05) is 0 Å². The van der Waals surface area contributed by atoms with Crippen LogP contribution in [-0.4, -0.2) is 9.72 Å². The normalized spacial score (nSPS) is 10.8. The third-order valence-corrected chi connectivity index (χ3v) is 2.48. The minimum atomic E-state index is 0.640. The second-order valence-electron chi connectivity index (χ2n) is 3.56. The maximum Gasteiger partial charge on any atom is 0.202 e. The molecule has 0 fully saturated rings. The van der Waals surface area contributed by atoms with Crippen LogP contribution >= 0.6 is 0 Å². The van der Waals surface area contributed by atoms with Crippen molar-refractivity contribution in [2.45, 2.75) is 0 Å². The van der Waals surface area contributed by atoms with Crippen molar-refractivity contribution in [2.24, 2.45) is 7.05 Å². The maximum atomic E-state index is 5.24. The summed E-state index contributed by atoms with van der Waals surface area (Å²) in [5.74, 6) is 1.33. The number of furan rings is 1. The van der Waals surface area contributed by atoms with Gasteiger partial charge in [-0.25, -0.2) is 0 Å². The molecule has 3 heterocycles. The topological polar surface area (TPSA) is 44.1 Å². The van der Waals surface area contributed by atoms with Gasteiger partial charge >= 0.3 is 0 Å². The van der Waals surface area contributed by atoms with Gasteiger partial charge in [-0.15, -0.1) is 0 Å². The van der Waals surface area contributed by atoms with Gasteiger partial charge in [-0.05, 0) is 24.3 Å². The van der Waals surface area contributed by atoms with Crippen molar-refractivity contribution < 1.29 is 8.94 Å². The summed E-state index contributed by atoms with van der Waals surface area (Å²) < 4.78 is 12.5. The zero-order valence-corrected chi connectivity index (χ0v) is 8.75. The van der Waals surface area contributed by atoms with Crippen LogP contribution in [0.1, 0.15) is 0 Å². The van der Waals surface area contributed by atoms with E-state index >= 15 is 0 Å². The molecule has 0 amide bonds. The van der Waals surface area contributed by atoms with Gasteiger partial charge in [-0.2, -0.15) is 0 Å². The highest BCUT2D eigenvalue weighted by molar-refractivity contribution is 5.61. The molecule has 0 aliphatic carbocycles. The van der Waals surface area contributed by atoms with Crippen molar-refractivity contribution in [1.29, 1.82) is 0 Å². The van der Waals surface area contributed by atoms with Crippen LogP contribution in [-0.2, 0) is 7.05 Å². The van der Waals surface area contributed by atoms with Gasteiger partial charge in [0.15, 0.2) is 5.76 Å². The van der Waals surface area contributed by atoms with E-state index in [4.69, 9.17) is 8.94 Å². The summed E-state index contributed by atoms with van der Waals surface area (Å²) in [6.07, 6.45) is 3.58. The summed E-state index contributed by atoms with van der Waals surface area (Å²) >= 11 is 0. The van der Waals surface area contributed by atoms with E-state index in [9.17, 15) is 0 Å². The SMILES string of the molecule is Cn1cccc1-c1cc(-c2ccco2)on1. The van der Waals surface area contributed by atoms with E-state index in [1.807, 2.05) is 48.1 Å². The van der Waals surface area contributed by atoms with E-state index in [0.29, 0.717) is 11.5 Å². The molecule has 3 rings (SSSR count). The van der Waals surface area contributed by atoms with Crippen LogP contribution < -0.4 is 0 Å². The average molecular weight is 214 g/mol. The van der Waals surface area contributed by atoms with E-state index in [2.05, 4.69) is 5.16 Å². The molecule has 0 spiro atoms. The summed E-state index contributed by atoms with van der Waals surface area (Å²) in [4.78, 5) is 0. The van der Waals surface area contributed by atoms with Crippen LogP contribution in [0.15, 0.2) is 51.7 Å². The van der Waals surface area contributed by atoms with Crippen LogP contribution in [0.4, 0.5) is 0 Å². The Morgan fingerprint density at radius 1 is 1.19 bits per heavy atom. The maximum absolute atomic E-state index is 5.24. The fourth-order valence-corrected chi connectivity index (χ4v) is 1.66. The molecule has 0 N–H and O–H groups in total. The summed E-state index contributed by atoms with van der Waals surface area (Å²) in [6.45, 7) is 0. The molecule has 0 unspecified atom stereocenters. The zero-order valence-electron chi connectivity index (χ0n) is 8.75. The molecule has 16 heavy (non-hydrogen) atoms. The summed E-state index contributed by atoms with van der Waals surface area (Å²) in [5, 5.41) is 4.02. The fourth-order valence-electron chi connectivity index (χ4n) is 1.66. The number of hydrogen-bond acceptors (Lipinski definition) is 3. The zero-order chi connectivity index (χ0) is 11.0. The van der Waals surface area contributed by atoms with Gasteiger partial charge in [-0.1, -0.05) is 5.16 Å². The van der Waals surface area contributed by atoms with Crippen molar-refractivity contribution >= 4 is 0 Å². The standard InChI is InChI=1S/C12H10N2O2/c1-14-6-2-4-10(14)9-8-12(16-13-9)11-5-3-7-15-11/h2-8H,1H3. The molecule has 4 nitrogen and oxygen atoms in total.